The summed E-state index contributed by atoms with van der Waals surface area (Å²) >= 11 is 0. The number of carbonyl (C=O) groups excluding carboxylic acids is 5. The summed E-state index contributed by atoms with van der Waals surface area (Å²) in [4.78, 5) is 75.6. The van der Waals surface area contributed by atoms with Crippen LogP contribution in [-0.4, -0.2) is 97.8 Å². The number of anilines is 2. The van der Waals surface area contributed by atoms with Crippen molar-refractivity contribution in [3.8, 4) is 11.8 Å². The molecule has 2 aromatic carbocycles. The van der Waals surface area contributed by atoms with Gasteiger partial charge in [0.1, 0.15) is 17.9 Å². The molecule has 3 N–H and O–H groups in total. The van der Waals surface area contributed by atoms with Crippen LogP contribution in [0.1, 0.15) is 109 Å². The Hall–Kier alpha value is -5.90. The topological polar surface area (TPSA) is 189 Å². The number of hydrogen-bond acceptors (Lipinski definition) is 12. The average molecular weight is 780 g/mol. The lowest BCUT2D eigenvalue weighted by Crippen LogP contribution is -2.54. The second-order valence-corrected chi connectivity index (χ2v) is 15.2. The minimum Gasteiger partial charge on any atom is -0.493 e. The summed E-state index contributed by atoms with van der Waals surface area (Å²) in [5, 5.41) is 13.1. The van der Waals surface area contributed by atoms with Gasteiger partial charge in [-0.1, -0.05) is 44.9 Å². The average Bonchev–Trinajstić information content (AvgIpc) is 3.73. The molecule has 2 saturated heterocycles. The molecule has 0 saturated carbocycles. The number of imide groups is 2. The number of fused-ring (bicyclic) bond motifs is 2. The fourth-order valence-electron chi connectivity index (χ4n) is 7.34. The van der Waals surface area contributed by atoms with E-state index in [0.29, 0.717) is 50.1 Å². The summed E-state index contributed by atoms with van der Waals surface area (Å²) in [5.41, 5.74) is 3.78. The Kier molecular flexibility index (Phi) is 12.1. The third-order valence-corrected chi connectivity index (χ3v) is 10.6. The third kappa shape index (κ3) is 9.06. The molecule has 16 heteroatoms. The van der Waals surface area contributed by atoms with Crippen LogP contribution in [0.15, 0.2) is 48.7 Å². The second kappa shape index (κ2) is 17.5. The summed E-state index contributed by atoms with van der Waals surface area (Å²) in [6.45, 7) is 6.97. The van der Waals surface area contributed by atoms with Gasteiger partial charge in [0.15, 0.2) is 5.65 Å². The third-order valence-electron chi connectivity index (χ3n) is 10.6. The molecule has 4 aromatic rings. The molecular formula is C41H49N9O7. The van der Waals surface area contributed by atoms with Crippen LogP contribution in [0.5, 0.6) is 11.8 Å². The number of unbranched alkanes of at least 4 members (excludes halogenated alkanes) is 3. The van der Waals surface area contributed by atoms with Gasteiger partial charge in [0.25, 0.3) is 11.8 Å². The van der Waals surface area contributed by atoms with Crippen molar-refractivity contribution in [2.75, 3.05) is 37.4 Å². The van der Waals surface area contributed by atoms with Crippen molar-refractivity contribution in [2.24, 2.45) is 0 Å². The van der Waals surface area contributed by atoms with E-state index in [1.54, 1.807) is 16.6 Å². The van der Waals surface area contributed by atoms with Crippen molar-refractivity contribution in [1.82, 2.24) is 34.7 Å². The molecule has 16 nitrogen and oxygen atoms in total. The number of rotatable bonds is 16. The van der Waals surface area contributed by atoms with Crippen LogP contribution in [0.2, 0.25) is 0 Å². The number of nitrogens with zero attached hydrogens (tertiary/aromatic N) is 6. The highest BCUT2D eigenvalue weighted by Gasteiger charge is 2.46. The molecule has 2 fully saturated rings. The van der Waals surface area contributed by atoms with Gasteiger partial charge in [0.05, 0.1) is 23.9 Å². The number of piperidine rings is 2. The minimum absolute atomic E-state index is 0.0545. The Morgan fingerprint density at radius 3 is 2.47 bits per heavy atom. The SMILES string of the molecule is CC(C)c1cnn2c(NCc3ccc(NC(=O)CCCCCCOc4cccc5c4C(=O)N(C4CCC(=O)NC4=O)C5=O)cc3)nc(OC3CCN(C)CC3)nc12. The predicted octanol–water partition coefficient (Wildman–Crippen LogP) is 4.70. The Balaban J connectivity index is 0.837. The van der Waals surface area contributed by atoms with Gasteiger partial charge < -0.3 is 25.0 Å². The lowest BCUT2D eigenvalue weighted by molar-refractivity contribution is -0.136. The highest BCUT2D eigenvalue weighted by molar-refractivity contribution is 6.24. The lowest BCUT2D eigenvalue weighted by Gasteiger charge is -2.28. The fourth-order valence-corrected chi connectivity index (χ4v) is 7.34. The largest absolute Gasteiger partial charge is 0.493 e. The molecule has 3 aliphatic heterocycles. The van der Waals surface area contributed by atoms with Crippen LogP contribution in [-0.2, 0) is 20.9 Å². The molecule has 5 heterocycles. The predicted molar refractivity (Wildman–Crippen MR) is 210 cm³/mol. The maximum atomic E-state index is 13.3. The number of carbonyl (C=O) groups is 5. The molecule has 300 valence electrons. The molecule has 0 spiro atoms. The molecule has 0 bridgehead atoms. The molecule has 0 aliphatic carbocycles. The molecule has 1 unspecified atom stereocenters. The minimum atomic E-state index is -1.03. The van der Waals surface area contributed by atoms with Crippen molar-refractivity contribution in [1.29, 1.82) is 0 Å². The zero-order valence-electron chi connectivity index (χ0n) is 32.6. The number of aromatic nitrogens is 4. The normalized spacial score (nSPS) is 17.6. The number of nitrogens with one attached hydrogen (secondary N) is 3. The maximum absolute atomic E-state index is 13.3. The molecule has 7 rings (SSSR count). The first-order valence-electron chi connectivity index (χ1n) is 19.8. The van der Waals surface area contributed by atoms with Crippen LogP contribution in [0, 0.1) is 0 Å². The first-order chi connectivity index (χ1) is 27.5. The van der Waals surface area contributed by atoms with Crippen LogP contribution in [0.3, 0.4) is 0 Å². The van der Waals surface area contributed by atoms with Gasteiger partial charge in [-0.15, -0.1) is 0 Å². The van der Waals surface area contributed by atoms with Crippen molar-refractivity contribution in [3.63, 3.8) is 0 Å². The van der Waals surface area contributed by atoms with Gasteiger partial charge in [0, 0.05) is 43.7 Å². The molecule has 5 amide bonds. The summed E-state index contributed by atoms with van der Waals surface area (Å²) < 4.78 is 13.9. The van der Waals surface area contributed by atoms with Gasteiger partial charge in [0.2, 0.25) is 23.7 Å². The first kappa shape index (κ1) is 39.3. The smallest absolute Gasteiger partial charge is 0.322 e. The molecular weight excluding hydrogens is 731 g/mol. The monoisotopic (exact) mass is 779 g/mol. The summed E-state index contributed by atoms with van der Waals surface area (Å²) in [5.74, 6) is -1.25. The highest BCUT2D eigenvalue weighted by atomic mass is 16.5. The fraction of sp³-hybridized carbons (Fsp3) is 0.463. The summed E-state index contributed by atoms with van der Waals surface area (Å²) in [7, 11) is 2.12. The zero-order valence-corrected chi connectivity index (χ0v) is 32.6. The van der Waals surface area contributed by atoms with Gasteiger partial charge in [-0.25, -0.2) is 0 Å². The van der Waals surface area contributed by atoms with Gasteiger partial charge in [-0.05, 0) is 74.9 Å². The van der Waals surface area contributed by atoms with Crippen LogP contribution in [0.4, 0.5) is 11.6 Å². The van der Waals surface area contributed by atoms with E-state index in [1.165, 1.54) is 6.07 Å². The summed E-state index contributed by atoms with van der Waals surface area (Å²) in [6.07, 6.45) is 7.27. The summed E-state index contributed by atoms with van der Waals surface area (Å²) in [6, 6.07) is 11.8. The molecule has 0 radical (unpaired) electrons. The van der Waals surface area contributed by atoms with E-state index in [-0.39, 0.29) is 47.6 Å². The van der Waals surface area contributed by atoms with Crippen molar-refractivity contribution < 1.29 is 33.4 Å². The van der Waals surface area contributed by atoms with Crippen LogP contribution in [0.25, 0.3) is 5.65 Å². The Morgan fingerprint density at radius 1 is 0.947 bits per heavy atom. The van der Waals surface area contributed by atoms with Gasteiger partial charge in [-0.3, -0.25) is 34.2 Å². The molecule has 1 atom stereocenters. The van der Waals surface area contributed by atoms with E-state index in [1.807, 2.05) is 30.5 Å². The van der Waals surface area contributed by atoms with E-state index in [2.05, 4.69) is 46.8 Å². The molecule has 57 heavy (non-hydrogen) atoms. The van der Waals surface area contributed by atoms with Crippen molar-refractivity contribution in [2.45, 2.75) is 96.2 Å². The lowest BCUT2D eigenvalue weighted by atomic mass is 10.0. The van der Waals surface area contributed by atoms with E-state index >= 15 is 0 Å². The maximum Gasteiger partial charge on any atom is 0.322 e. The second-order valence-electron chi connectivity index (χ2n) is 15.2. The van der Waals surface area contributed by atoms with E-state index < -0.39 is 29.7 Å². The van der Waals surface area contributed by atoms with Crippen LogP contribution < -0.4 is 25.4 Å². The molecule has 2 aromatic heterocycles. The van der Waals surface area contributed by atoms with Crippen LogP contribution >= 0.6 is 0 Å². The van der Waals surface area contributed by atoms with Crippen molar-refractivity contribution in [3.05, 3.63) is 70.9 Å². The Morgan fingerprint density at radius 2 is 1.72 bits per heavy atom. The van der Waals surface area contributed by atoms with Crippen molar-refractivity contribution >= 4 is 46.8 Å². The zero-order chi connectivity index (χ0) is 40.1. The van der Waals surface area contributed by atoms with E-state index in [4.69, 9.17) is 19.4 Å². The Labute approximate surface area is 330 Å². The quantitative estimate of drug-likeness (QED) is 0.105. The van der Waals surface area contributed by atoms with Gasteiger partial charge in [-0.2, -0.15) is 19.6 Å². The number of ether oxygens (including phenoxy) is 2. The number of hydrogen-bond donors (Lipinski definition) is 3. The first-order valence-corrected chi connectivity index (χ1v) is 19.8. The number of benzene rings is 2. The highest BCUT2D eigenvalue weighted by Crippen LogP contribution is 2.34. The number of amides is 5. The number of likely N-dealkylation sites (tertiary alicyclic amines) is 1. The van der Waals surface area contributed by atoms with Gasteiger partial charge >= 0.3 is 6.01 Å². The standard InChI is InChI=1S/C41H49N9O7/c1-25(2)30-24-43-50-36(30)46-41(57-28-18-20-48(3)21-19-28)47-40(50)42-23-26-12-14-27(15-13-26)44-33(51)11-6-4-5-7-22-56-32-10-8-9-29-35(32)39(55)49(38(29)54)31-16-17-34(52)45-37(31)53/h8-10,12-15,24-25,28,31H,4-7,11,16-23H2,1-3H3,(H,44,51)(H,42,46,47)(H,45,52,53). The van der Waals surface area contributed by atoms with E-state index in [0.717, 1.165) is 60.4 Å². The van der Waals surface area contributed by atoms with E-state index in [9.17, 15) is 24.0 Å². The molecule has 3 aliphatic rings. The Bertz CT molecular complexity index is 2140.